The standard InChI is InChI=1S/C41H48N4O7S.C36H40N4O5S/c1-41(2,3)52-40(48)43-21-9-23-50-25-27-51-26-24-49-22-8-7-12-36(46)33-15-13-30(14-16-33)29-53-39-44-37(35(28-42)38(47)45-39)34-19-17-32(18-20-34)31-10-5-4-6-11-31;37-18-6-20-44-22-24-45-23-21-43-19-5-4-9-33(41)30-12-10-27(11-13-30)26-46-36-39-34(32(25-38)35(42)40-36)31-16-14-29(15-17-31)28-7-2-1-3-8-28/h4-6,10-11,13-20H,7-9,12,21-27,29H2,1-3H3,(H,43,48)(H,44,45,47);1-3,7-8,10-17H,4-6,9,18-24,26,37H2,(H,39,40,42). The number of unbranched alkanes of at least 4 members (excludes halogenated alkanes) is 2. The molecule has 0 fully saturated rings. The molecule has 5 N–H and O–H groups in total. The number of benzene rings is 6. The van der Waals surface area contributed by atoms with E-state index in [9.17, 15) is 34.5 Å². The maximum Gasteiger partial charge on any atom is 0.407 e. The molecule has 0 saturated heterocycles. The van der Waals surface area contributed by atoms with E-state index in [1.807, 2.05) is 191 Å². The minimum absolute atomic E-state index is 0.0175. The number of nitrogens with one attached hydrogen (secondary N) is 3. The van der Waals surface area contributed by atoms with E-state index in [0.29, 0.717) is 167 Å². The monoisotopic (exact) mass is 1380 g/mol. The van der Waals surface area contributed by atoms with Gasteiger partial charge in [-0.1, -0.05) is 181 Å². The largest absolute Gasteiger partial charge is 0.444 e. The van der Waals surface area contributed by atoms with Gasteiger partial charge in [0.25, 0.3) is 11.1 Å². The van der Waals surface area contributed by atoms with Crippen LogP contribution in [0.1, 0.15) is 115 Å². The Balaban J connectivity index is 0.000000281. The number of amides is 1. The highest BCUT2D eigenvalue weighted by molar-refractivity contribution is 7.98. The van der Waals surface area contributed by atoms with Gasteiger partial charge in [-0.2, -0.15) is 10.5 Å². The first-order valence-corrected chi connectivity index (χ1v) is 35.2. The number of nitriles is 2. The van der Waals surface area contributed by atoms with E-state index in [4.69, 9.17) is 38.9 Å². The second kappa shape index (κ2) is 43.5. The topological polar surface area (TPSA) is 293 Å². The third kappa shape index (κ3) is 28.1. The fraction of sp³-hybridized carbons (Fsp3) is 0.364. The molecule has 0 aliphatic rings. The van der Waals surface area contributed by atoms with Gasteiger partial charge in [0.15, 0.2) is 21.9 Å². The molecule has 0 atom stereocenters. The molecule has 8 rings (SSSR count). The number of nitrogens with two attached hydrogens (primary N) is 1. The molecule has 2 heterocycles. The van der Waals surface area contributed by atoms with Gasteiger partial charge in [-0.15, -0.1) is 0 Å². The van der Waals surface area contributed by atoms with E-state index in [1.54, 1.807) is 0 Å². The van der Waals surface area contributed by atoms with Crippen LogP contribution in [0.5, 0.6) is 0 Å². The van der Waals surface area contributed by atoms with Gasteiger partial charge in [0.05, 0.1) is 64.2 Å². The second-order valence-electron chi connectivity index (χ2n) is 23.6. The van der Waals surface area contributed by atoms with Gasteiger partial charge in [-0.05, 0) is 99.2 Å². The van der Waals surface area contributed by atoms with Crippen molar-refractivity contribution in [3.05, 3.63) is 212 Å². The summed E-state index contributed by atoms with van der Waals surface area (Å²) in [6, 6.07) is 54.2. The van der Waals surface area contributed by atoms with Crippen LogP contribution in [-0.2, 0) is 44.7 Å². The van der Waals surface area contributed by atoms with Crippen LogP contribution in [0, 0.1) is 22.7 Å². The van der Waals surface area contributed by atoms with Crippen molar-refractivity contribution in [2.24, 2.45) is 5.73 Å². The molecule has 520 valence electrons. The van der Waals surface area contributed by atoms with Crippen LogP contribution >= 0.6 is 23.5 Å². The van der Waals surface area contributed by atoms with Gasteiger partial charge in [0.2, 0.25) is 0 Å². The van der Waals surface area contributed by atoms with E-state index in [0.717, 1.165) is 65.5 Å². The molecular formula is C77H88N8O12S2. The smallest absolute Gasteiger partial charge is 0.407 e. The predicted molar refractivity (Wildman–Crippen MR) is 387 cm³/mol. The number of hydrogen-bond donors (Lipinski definition) is 4. The summed E-state index contributed by atoms with van der Waals surface area (Å²) in [5, 5.41) is 22.9. The SMILES string of the molecule is CC(C)(C)OC(=O)NCCCOCCOCCOCCCCC(=O)c1ccc(CSc2nc(-c3ccc(-c4ccccc4)cc3)c(C#N)c(=O)[nH]2)cc1.N#Cc1c(-c2ccc(-c3ccccc3)cc2)nc(SCc2ccc(C(=O)CCCCOCCOCCOCCCN)cc2)[nH]c1=O. The third-order valence-electron chi connectivity index (χ3n) is 14.9. The average Bonchev–Trinajstić information content (AvgIpc) is 0.838. The summed E-state index contributed by atoms with van der Waals surface area (Å²) in [6.45, 7) is 12.9. The number of carbonyl (C=O) groups excluding carboxylic acids is 3. The molecule has 8 aromatic rings. The summed E-state index contributed by atoms with van der Waals surface area (Å²) >= 11 is 2.73. The fourth-order valence-corrected chi connectivity index (χ4v) is 11.3. The van der Waals surface area contributed by atoms with Gasteiger partial charge in [-0.3, -0.25) is 19.2 Å². The summed E-state index contributed by atoms with van der Waals surface area (Å²) in [7, 11) is 0. The maximum atomic E-state index is 12.8. The Labute approximate surface area is 587 Å². The average molecular weight is 1380 g/mol. The van der Waals surface area contributed by atoms with Crippen LogP contribution < -0.4 is 22.2 Å². The Morgan fingerprint density at radius 3 is 1.16 bits per heavy atom. The van der Waals surface area contributed by atoms with E-state index in [-0.39, 0.29) is 22.7 Å². The second-order valence-corrected chi connectivity index (χ2v) is 25.6. The summed E-state index contributed by atoms with van der Waals surface area (Å²) in [4.78, 5) is 77.2. The molecule has 1 amide bonds. The van der Waals surface area contributed by atoms with Crippen molar-refractivity contribution in [1.82, 2.24) is 25.3 Å². The number of H-pyrrole nitrogens is 2. The van der Waals surface area contributed by atoms with Crippen LogP contribution in [0.25, 0.3) is 44.8 Å². The predicted octanol–water partition coefficient (Wildman–Crippen LogP) is 13.6. The number of hydrogen-bond acceptors (Lipinski definition) is 19. The highest BCUT2D eigenvalue weighted by atomic mass is 32.2. The van der Waals surface area contributed by atoms with Gasteiger partial charge in [0.1, 0.15) is 28.9 Å². The van der Waals surface area contributed by atoms with Crippen molar-refractivity contribution in [1.29, 1.82) is 10.5 Å². The Hall–Kier alpha value is -8.91. The zero-order chi connectivity index (χ0) is 70.3. The molecule has 0 aliphatic carbocycles. The van der Waals surface area contributed by atoms with Crippen molar-refractivity contribution >= 4 is 41.2 Å². The number of aromatic amines is 2. The molecular weight excluding hydrogens is 1290 g/mol. The first kappa shape index (κ1) is 77.4. The number of rotatable bonds is 41. The lowest BCUT2D eigenvalue weighted by molar-refractivity contribution is 0.0133. The molecule has 0 spiro atoms. The lowest BCUT2D eigenvalue weighted by Crippen LogP contribution is -2.33. The van der Waals surface area contributed by atoms with Crippen LogP contribution in [-0.4, -0.2) is 136 Å². The van der Waals surface area contributed by atoms with Crippen LogP contribution in [0.15, 0.2) is 178 Å². The quantitative estimate of drug-likeness (QED) is 0.0120. The highest BCUT2D eigenvalue weighted by Crippen LogP contribution is 2.30. The van der Waals surface area contributed by atoms with Gasteiger partial charge in [-0.25, -0.2) is 14.8 Å². The number of thioether (sulfide) groups is 2. The number of alkyl carbamates (subject to hydrolysis) is 1. The molecule has 6 aromatic carbocycles. The molecule has 0 aliphatic heterocycles. The lowest BCUT2D eigenvalue weighted by Gasteiger charge is -2.19. The highest BCUT2D eigenvalue weighted by Gasteiger charge is 2.18. The molecule has 22 heteroatoms. The minimum Gasteiger partial charge on any atom is -0.444 e. The summed E-state index contributed by atoms with van der Waals surface area (Å²) in [5.74, 6) is 1.24. The lowest BCUT2D eigenvalue weighted by atomic mass is 10.0. The number of ketones is 2. The van der Waals surface area contributed by atoms with E-state index in [2.05, 4.69) is 25.3 Å². The minimum atomic E-state index is -0.511. The normalized spacial score (nSPS) is 11.1. The van der Waals surface area contributed by atoms with Gasteiger partial charge in [0, 0.05) is 79.6 Å². The van der Waals surface area contributed by atoms with E-state index >= 15 is 0 Å². The molecule has 99 heavy (non-hydrogen) atoms. The van der Waals surface area contributed by atoms with Gasteiger partial charge >= 0.3 is 6.09 Å². The Morgan fingerprint density at radius 1 is 0.455 bits per heavy atom. The maximum absolute atomic E-state index is 12.8. The van der Waals surface area contributed by atoms with E-state index in [1.165, 1.54) is 23.5 Å². The van der Waals surface area contributed by atoms with Crippen molar-refractivity contribution in [3.8, 4) is 56.9 Å². The molecule has 0 saturated carbocycles. The number of nitrogens with zero attached hydrogens (tertiary/aromatic N) is 4. The number of carbonyl (C=O) groups is 3. The van der Waals surface area contributed by atoms with Crippen LogP contribution in [0.3, 0.4) is 0 Å². The van der Waals surface area contributed by atoms with Crippen molar-refractivity contribution in [3.63, 3.8) is 0 Å². The fourth-order valence-electron chi connectivity index (χ4n) is 9.66. The van der Waals surface area contributed by atoms with Crippen LogP contribution in [0.4, 0.5) is 4.79 Å². The van der Waals surface area contributed by atoms with Crippen molar-refractivity contribution < 1.29 is 47.5 Å². The summed E-state index contributed by atoms with van der Waals surface area (Å²) in [5.41, 5.74) is 13.5. The summed E-state index contributed by atoms with van der Waals surface area (Å²) < 4.78 is 38.2. The van der Waals surface area contributed by atoms with Crippen LogP contribution in [0.2, 0.25) is 0 Å². The Morgan fingerprint density at radius 2 is 0.798 bits per heavy atom. The summed E-state index contributed by atoms with van der Waals surface area (Å²) in [6.07, 6.45) is 5.06. The first-order chi connectivity index (χ1) is 48.2. The van der Waals surface area contributed by atoms with Crippen molar-refractivity contribution in [2.45, 2.75) is 99.6 Å². The first-order valence-electron chi connectivity index (χ1n) is 33.3. The zero-order valence-electron chi connectivity index (χ0n) is 56.6. The Kier molecular flexibility index (Phi) is 34.0. The zero-order valence-corrected chi connectivity index (χ0v) is 58.2. The number of ether oxygens (including phenoxy) is 7. The molecule has 0 radical (unpaired) electrons. The van der Waals surface area contributed by atoms with Gasteiger partial charge < -0.3 is 54.2 Å². The molecule has 2 aromatic heterocycles. The number of Topliss-reactive ketones (excluding diaryl/α,β-unsaturated/α-hetero) is 2. The third-order valence-corrected chi connectivity index (χ3v) is 16.7. The van der Waals surface area contributed by atoms with E-state index < -0.39 is 22.8 Å². The molecule has 0 bridgehead atoms. The molecule has 20 nitrogen and oxygen atoms in total. The Bertz CT molecular complexity index is 3950. The molecule has 0 unspecified atom stereocenters. The number of aromatic nitrogens is 4. The van der Waals surface area contributed by atoms with Crippen molar-refractivity contribution in [2.75, 3.05) is 92.4 Å².